The summed E-state index contributed by atoms with van der Waals surface area (Å²) < 4.78 is 12.2. The van der Waals surface area contributed by atoms with Crippen molar-refractivity contribution in [3.63, 3.8) is 0 Å². The van der Waals surface area contributed by atoms with Crippen LogP contribution in [0.2, 0.25) is 0 Å². The molecule has 2 aromatic heterocycles. The molecule has 0 aliphatic rings. The van der Waals surface area contributed by atoms with Crippen LogP contribution in [0.25, 0.3) is 5.82 Å². The number of rotatable bonds is 9. The normalized spacial score (nSPS) is 10.4. The number of ether oxygens (including phenoxy) is 2. The minimum Gasteiger partial charge on any atom is -0.497 e. The van der Waals surface area contributed by atoms with Crippen molar-refractivity contribution in [3.05, 3.63) is 90.6 Å². The summed E-state index contributed by atoms with van der Waals surface area (Å²) >= 11 is 0. The van der Waals surface area contributed by atoms with E-state index in [0.29, 0.717) is 28.6 Å². The third kappa shape index (κ3) is 5.74. The molecule has 0 aliphatic carbocycles. The van der Waals surface area contributed by atoms with Crippen molar-refractivity contribution in [2.75, 3.05) is 19.0 Å². The number of pyridine rings is 1. The molecule has 0 aliphatic heterocycles. The van der Waals surface area contributed by atoms with Gasteiger partial charge in [-0.2, -0.15) is 5.10 Å². The number of methoxy groups -OCH3 is 1. The summed E-state index contributed by atoms with van der Waals surface area (Å²) in [4.78, 5) is 32.9. The van der Waals surface area contributed by atoms with Gasteiger partial charge < -0.3 is 20.1 Å². The van der Waals surface area contributed by atoms with Crippen LogP contribution in [0, 0.1) is 0 Å². The SMILES string of the molecule is COc1cccc(NC(=O)COc2ccc(C(=O)NCc3cccnc3-n3cncn3)cc2)c1. The lowest BCUT2D eigenvalue weighted by molar-refractivity contribution is -0.118. The van der Waals surface area contributed by atoms with Crippen LogP contribution in [0.1, 0.15) is 15.9 Å². The van der Waals surface area contributed by atoms with Crippen LogP contribution in [-0.2, 0) is 11.3 Å². The molecule has 34 heavy (non-hydrogen) atoms. The van der Waals surface area contributed by atoms with Gasteiger partial charge in [0.2, 0.25) is 0 Å². The minimum atomic E-state index is -0.310. The van der Waals surface area contributed by atoms with Gasteiger partial charge in [-0.25, -0.2) is 14.6 Å². The van der Waals surface area contributed by atoms with Gasteiger partial charge >= 0.3 is 0 Å². The highest BCUT2D eigenvalue weighted by atomic mass is 16.5. The lowest BCUT2D eigenvalue weighted by atomic mass is 10.2. The maximum atomic E-state index is 12.6. The van der Waals surface area contributed by atoms with Gasteiger partial charge in [0.15, 0.2) is 12.4 Å². The summed E-state index contributed by atoms with van der Waals surface area (Å²) in [6.45, 7) is 0.0966. The topological polar surface area (TPSA) is 120 Å². The fourth-order valence-corrected chi connectivity index (χ4v) is 3.12. The first-order valence-corrected chi connectivity index (χ1v) is 10.4. The number of carbonyl (C=O) groups excluding carboxylic acids is 2. The van der Waals surface area contributed by atoms with Crippen LogP contribution in [-0.4, -0.2) is 45.3 Å². The van der Waals surface area contributed by atoms with Crippen molar-refractivity contribution < 1.29 is 19.1 Å². The Labute approximate surface area is 195 Å². The van der Waals surface area contributed by atoms with Gasteiger partial charge in [0.1, 0.15) is 24.2 Å². The Kier molecular flexibility index (Phi) is 7.09. The molecule has 0 radical (unpaired) electrons. The molecule has 2 amide bonds. The second kappa shape index (κ2) is 10.7. The van der Waals surface area contributed by atoms with Crippen LogP contribution in [0.5, 0.6) is 11.5 Å². The Morgan fingerprint density at radius 1 is 1.03 bits per heavy atom. The predicted octanol–water partition coefficient (Wildman–Crippen LogP) is 2.62. The van der Waals surface area contributed by atoms with E-state index in [-0.39, 0.29) is 25.0 Å². The highest BCUT2D eigenvalue weighted by molar-refractivity contribution is 5.94. The fraction of sp³-hybridized carbons (Fsp3) is 0.125. The zero-order valence-corrected chi connectivity index (χ0v) is 18.3. The molecule has 0 unspecified atom stereocenters. The maximum absolute atomic E-state index is 12.6. The predicted molar refractivity (Wildman–Crippen MR) is 124 cm³/mol. The molecule has 0 saturated heterocycles. The third-order valence-electron chi connectivity index (χ3n) is 4.78. The molecule has 0 spiro atoms. The first-order valence-electron chi connectivity index (χ1n) is 10.4. The molecule has 4 aromatic rings. The van der Waals surface area contributed by atoms with Gasteiger partial charge in [-0.1, -0.05) is 12.1 Å². The van der Waals surface area contributed by atoms with Crippen molar-refractivity contribution in [2.45, 2.75) is 6.54 Å². The lowest BCUT2D eigenvalue weighted by Crippen LogP contribution is -2.24. The number of carbonyl (C=O) groups is 2. The largest absolute Gasteiger partial charge is 0.497 e. The van der Waals surface area contributed by atoms with Gasteiger partial charge in [-0.3, -0.25) is 9.59 Å². The van der Waals surface area contributed by atoms with Gasteiger partial charge in [0.25, 0.3) is 11.8 Å². The Balaban J connectivity index is 1.29. The van der Waals surface area contributed by atoms with Crippen molar-refractivity contribution in [2.24, 2.45) is 0 Å². The Morgan fingerprint density at radius 3 is 2.65 bits per heavy atom. The van der Waals surface area contributed by atoms with E-state index in [0.717, 1.165) is 5.56 Å². The average molecular weight is 458 g/mol. The Hall–Kier alpha value is -4.73. The number of aromatic nitrogens is 4. The molecule has 0 saturated carbocycles. The first kappa shape index (κ1) is 22.5. The number of benzene rings is 2. The van der Waals surface area contributed by atoms with Crippen LogP contribution in [0.4, 0.5) is 5.69 Å². The van der Waals surface area contributed by atoms with Crippen molar-refractivity contribution >= 4 is 17.5 Å². The van der Waals surface area contributed by atoms with Crippen molar-refractivity contribution in [1.29, 1.82) is 0 Å². The van der Waals surface area contributed by atoms with Crippen LogP contribution < -0.4 is 20.1 Å². The Bertz CT molecular complexity index is 1260. The molecule has 10 heteroatoms. The summed E-state index contributed by atoms with van der Waals surface area (Å²) in [7, 11) is 1.56. The third-order valence-corrected chi connectivity index (χ3v) is 4.78. The van der Waals surface area contributed by atoms with Crippen LogP contribution in [0.3, 0.4) is 0 Å². The molecule has 10 nitrogen and oxygen atoms in total. The van der Waals surface area contributed by atoms with E-state index in [1.165, 1.54) is 11.0 Å². The minimum absolute atomic E-state index is 0.172. The van der Waals surface area contributed by atoms with Crippen LogP contribution in [0.15, 0.2) is 79.5 Å². The van der Waals surface area contributed by atoms with E-state index < -0.39 is 0 Å². The molecule has 4 rings (SSSR count). The molecule has 2 N–H and O–H groups in total. The molecule has 2 heterocycles. The summed E-state index contributed by atoms with van der Waals surface area (Å²) in [6.07, 6.45) is 4.62. The van der Waals surface area contributed by atoms with Gasteiger partial charge in [-0.15, -0.1) is 0 Å². The molecule has 0 fully saturated rings. The lowest BCUT2D eigenvalue weighted by Gasteiger charge is -2.10. The van der Waals surface area contributed by atoms with Gasteiger partial charge in [0, 0.05) is 35.6 Å². The smallest absolute Gasteiger partial charge is 0.262 e. The van der Waals surface area contributed by atoms with Crippen LogP contribution >= 0.6 is 0 Å². The summed E-state index contributed by atoms with van der Waals surface area (Å²) in [5, 5.41) is 9.69. The second-order valence-electron chi connectivity index (χ2n) is 7.10. The zero-order valence-electron chi connectivity index (χ0n) is 18.3. The molecular formula is C24H22N6O4. The average Bonchev–Trinajstić information content (AvgIpc) is 3.41. The first-order chi connectivity index (χ1) is 16.6. The quantitative estimate of drug-likeness (QED) is 0.396. The van der Waals surface area contributed by atoms with Crippen molar-refractivity contribution in [3.8, 4) is 17.3 Å². The van der Waals surface area contributed by atoms with E-state index in [1.54, 1.807) is 74.2 Å². The molecular weight excluding hydrogens is 436 g/mol. The molecule has 2 aromatic carbocycles. The summed E-state index contributed by atoms with van der Waals surface area (Å²) in [5.74, 6) is 1.14. The van der Waals surface area contributed by atoms with Crippen molar-refractivity contribution in [1.82, 2.24) is 25.1 Å². The molecule has 172 valence electrons. The van der Waals surface area contributed by atoms with E-state index in [9.17, 15) is 9.59 Å². The highest BCUT2D eigenvalue weighted by Crippen LogP contribution is 2.17. The standard InChI is InChI=1S/C24H22N6O4/c1-33-21-6-2-5-19(12-21)29-22(31)14-34-20-9-7-17(8-10-20)24(32)27-13-18-4-3-11-26-23(18)30-16-25-15-28-30/h2-12,15-16H,13-14H2,1H3,(H,27,32)(H,29,31). The number of nitrogens with one attached hydrogen (secondary N) is 2. The summed E-state index contributed by atoms with van der Waals surface area (Å²) in [5.41, 5.74) is 1.86. The van der Waals surface area contributed by atoms with E-state index in [2.05, 4.69) is 25.7 Å². The number of nitrogens with zero attached hydrogens (tertiary/aromatic N) is 4. The zero-order chi connectivity index (χ0) is 23.8. The summed E-state index contributed by atoms with van der Waals surface area (Å²) in [6, 6.07) is 17.2. The van der Waals surface area contributed by atoms with Gasteiger partial charge in [-0.05, 0) is 42.5 Å². The monoisotopic (exact) mass is 458 g/mol. The Morgan fingerprint density at radius 2 is 1.88 bits per heavy atom. The maximum Gasteiger partial charge on any atom is 0.262 e. The van der Waals surface area contributed by atoms with E-state index in [1.807, 2.05) is 6.07 Å². The number of anilines is 1. The second-order valence-corrected chi connectivity index (χ2v) is 7.10. The molecule has 0 atom stereocenters. The fourth-order valence-electron chi connectivity index (χ4n) is 3.12. The van der Waals surface area contributed by atoms with E-state index in [4.69, 9.17) is 9.47 Å². The van der Waals surface area contributed by atoms with Gasteiger partial charge in [0.05, 0.1) is 7.11 Å². The highest BCUT2D eigenvalue weighted by Gasteiger charge is 2.11. The number of amides is 2. The number of hydrogen-bond acceptors (Lipinski definition) is 7. The molecule has 0 bridgehead atoms. The number of hydrogen-bond donors (Lipinski definition) is 2. The van der Waals surface area contributed by atoms with E-state index >= 15 is 0 Å².